The van der Waals surface area contributed by atoms with Crippen LogP contribution in [0, 0.1) is 0 Å². The topological polar surface area (TPSA) is 52.6 Å². The fourth-order valence-electron chi connectivity index (χ4n) is 3.55. The number of thiophene rings is 1. The Morgan fingerprint density at radius 2 is 1.53 bits per heavy atom. The van der Waals surface area contributed by atoms with Gasteiger partial charge in [-0.1, -0.05) is 72.8 Å². The van der Waals surface area contributed by atoms with E-state index in [1.165, 1.54) is 11.3 Å². The summed E-state index contributed by atoms with van der Waals surface area (Å²) in [6.07, 6.45) is 0.302. The molecule has 0 fully saturated rings. The highest BCUT2D eigenvalue weighted by Gasteiger charge is 2.28. The third-order valence-corrected chi connectivity index (χ3v) is 6.29. The first-order valence-electron chi connectivity index (χ1n) is 10.7. The first-order chi connectivity index (χ1) is 15.7. The summed E-state index contributed by atoms with van der Waals surface area (Å²) >= 11 is 1.38. The number of esters is 1. The zero-order valence-electron chi connectivity index (χ0n) is 17.8. The van der Waals surface area contributed by atoms with Crippen LogP contribution >= 0.6 is 11.3 Å². The third kappa shape index (κ3) is 4.89. The SMILES string of the molecule is CCOC(=O)C(CCc1ccccc1)Oc1c(C(=O)c2ccccc2)sc2ccccc12. The predicted octanol–water partition coefficient (Wildman–Crippen LogP) is 6.08. The Bertz CT molecular complexity index is 1200. The Morgan fingerprint density at radius 1 is 0.875 bits per heavy atom. The lowest BCUT2D eigenvalue weighted by Gasteiger charge is -2.18. The number of carbonyl (C=O) groups is 2. The summed E-state index contributed by atoms with van der Waals surface area (Å²) in [5.74, 6) is -0.0881. The summed E-state index contributed by atoms with van der Waals surface area (Å²) in [7, 11) is 0. The molecule has 0 radical (unpaired) electrons. The molecule has 1 heterocycles. The lowest BCUT2D eigenvalue weighted by molar-refractivity contribution is -0.151. The summed E-state index contributed by atoms with van der Waals surface area (Å²) in [6.45, 7) is 2.04. The lowest BCUT2D eigenvalue weighted by atomic mass is 10.1. The van der Waals surface area contributed by atoms with Crippen molar-refractivity contribution in [1.82, 2.24) is 0 Å². The van der Waals surface area contributed by atoms with Gasteiger partial charge in [-0.15, -0.1) is 11.3 Å². The van der Waals surface area contributed by atoms with Gasteiger partial charge in [0.1, 0.15) is 10.6 Å². The van der Waals surface area contributed by atoms with Crippen LogP contribution in [-0.4, -0.2) is 24.5 Å². The molecule has 1 atom stereocenters. The van der Waals surface area contributed by atoms with E-state index in [1.54, 1.807) is 19.1 Å². The molecule has 162 valence electrons. The maximum atomic E-state index is 13.3. The molecule has 4 rings (SSSR count). The van der Waals surface area contributed by atoms with Gasteiger partial charge in [-0.05, 0) is 37.5 Å². The number of benzene rings is 3. The van der Waals surface area contributed by atoms with E-state index in [1.807, 2.05) is 72.8 Å². The van der Waals surface area contributed by atoms with Gasteiger partial charge in [-0.3, -0.25) is 4.79 Å². The second-order valence-corrected chi connectivity index (χ2v) is 8.39. The zero-order chi connectivity index (χ0) is 22.3. The summed E-state index contributed by atoms with van der Waals surface area (Å²) in [5.41, 5.74) is 1.70. The molecule has 3 aromatic carbocycles. The van der Waals surface area contributed by atoms with E-state index in [0.717, 1.165) is 15.6 Å². The normalized spacial score (nSPS) is 11.8. The van der Waals surface area contributed by atoms with Crippen molar-refractivity contribution >= 4 is 33.2 Å². The molecular formula is C27H24O4S. The summed E-state index contributed by atoms with van der Waals surface area (Å²) < 4.78 is 12.5. The molecule has 0 N–H and O–H groups in total. The molecule has 0 saturated heterocycles. The molecule has 0 bridgehead atoms. The third-order valence-electron chi connectivity index (χ3n) is 5.14. The highest BCUT2D eigenvalue weighted by atomic mass is 32.1. The largest absolute Gasteiger partial charge is 0.476 e. The van der Waals surface area contributed by atoms with E-state index in [9.17, 15) is 9.59 Å². The number of fused-ring (bicyclic) bond motifs is 1. The minimum atomic E-state index is -0.810. The van der Waals surface area contributed by atoms with Gasteiger partial charge in [0.25, 0.3) is 0 Å². The quantitative estimate of drug-likeness (QED) is 0.232. The average molecular weight is 445 g/mol. The molecule has 0 aliphatic rings. The Kier molecular flexibility index (Phi) is 6.97. The molecule has 0 aliphatic heterocycles. The van der Waals surface area contributed by atoms with E-state index >= 15 is 0 Å². The van der Waals surface area contributed by atoms with Gasteiger partial charge in [0.2, 0.25) is 5.78 Å². The van der Waals surface area contributed by atoms with E-state index in [2.05, 4.69) is 0 Å². The Balaban J connectivity index is 1.69. The second kappa shape index (κ2) is 10.2. The number of hydrogen-bond acceptors (Lipinski definition) is 5. The lowest BCUT2D eigenvalue weighted by Crippen LogP contribution is -2.30. The number of ketones is 1. The van der Waals surface area contributed by atoms with Crippen LogP contribution in [0.15, 0.2) is 84.9 Å². The van der Waals surface area contributed by atoms with Gasteiger partial charge in [0.05, 0.1) is 6.61 Å². The van der Waals surface area contributed by atoms with Crippen LogP contribution in [-0.2, 0) is 16.0 Å². The van der Waals surface area contributed by atoms with Crippen molar-refractivity contribution in [3.05, 3.63) is 101 Å². The van der Waals surface area contributed by atoms with Crippen molar-refractivity contribution in [2.45, 2.75) is 25.9 Å². The molecule has 1 aromatic heterocycles. The molecule has 4 nitrogen and oxygen atoms in total. The monoisotopic (exact) mass is 444 g/mol. The number of hydrogen-bond donors (Lipinski definition) is 0. The fourth-order valence-corrected chi connectivity index (χ4v) is 4.65. The van der Waals surface area contributed by atoms with Crippen LogP contribution in [0.5, 0.6) is 5.75 Å². The van der Waals surface area contributed by atoms with Gasteiger partial charge >= 0.3 is 5.97 Å². The Morgan fingerprint density at radius 3 is 2.25 bits per heavy atom. The van der Waals surface area contributed by atoms with E-state index in [-0.39, 0.29) is 12.4 Å². The van der Waals surface area contributed by atoms with Gasteiger partial charge in [-0.2, -0.15) is 0 Å². The van der Waals surface area contributed by atoms with Crippen molar-refractivity contribution in [1.29, 1.82) is 0 Å². The number of aryl methyl sites for hydroxylation is 1. The van der Waals surface area contributed by atoms with Gasteiger partial charge < -0.3 is 9.47 Å². The van der Waals surface area contributed by atoms with Gasteiger partial charge in [0, 0.05) is 15.6 Å². The highest BCUT2D eigenvalue weighted by molar-refractivity contribution is 7.21. The first kappa shape index (κ1) is 21.8. The van der Waals surface area contributed by atoms with Crippen molar-refractivity contribution in [2.24, 2.45) is 0 Å². The van der Waals surface area contributed by atoms with Crippen LogP contribution in [0.1, 0.15) is 34.1 Å². The van der Waals surface area contributed by atoms with Crippen molar-refractivity contribution in [3.8, 4) is 5.75 Å². The molecule has 32 heavy (non-hydrogen) atoms. The number of rotatable bonds is 9. The smallest absolute Gasteiger partial charge is 0.347 e. The van der Waals surface area contributed by atoms with Crippen molar-refractivity contribution in [3.63, 3.8) is 0 Å². The highest BCUT2D eigenvalue weighted by Crippen LogP contribution is 2.40. The second-order valence-electron chi connectivity index (χ2n) is 7.33. The Labute approximate surface area is 191 Å². The van der Waals surface area contributed by atoms with E-state index in [4.69, 9.17) is 9.47 Å². The minimum absolute atomic E-state index is 0.118. The molecule has 0 spiro atoms. The zero-order valence-corrected chi connectivity index (χ0v) is 18.6. The summed E-state index contributed by atoms with van der Waals surface area (Å²) in [5, 5.41) is 0.825. The molecule has 4 aromatic rings. The first-order valence-corrected chi connectivity index (χ1v) is 11.5. The van der Waals surface area contributed by atoms with Crippen molar-refractivity contribution in [2.75, 3.05) is 6.61 Å². The van der Waals surface area contributed by atoms with E-state index in [0.29, 0.717) is 29.0 Å². The minimum Gasteiger partial charge on any atom is -0.476 e. The van der Waals surface area contributed by atoms with Crippen LogP contribution in [0.2, 0.25) is 0 Å². The van der Waals surface area contributed by atoms with Gasteiger partial charge in [0.15, 0.2) is 6.10 Å². The van der Waals surface area contributed by atoms with Crippen LogP contribution in [0.25, 0.3) is 10.1 Å². The average Bonchev–Trinajstić information content (AvgIpc) is 3.21. The molecule has 0 amide bonds. The van der Waals surface area contributed by atoms with Gasteiger partial charge in [-0.25, -0.2) is 4.79 Å². The maximum Gasteiger partial charge on any atom is 0.347 e. The fraction of sp³-hybridized carbons (Fsp3) is 0.185. The van der Waals surface area contributed by atoms with Crippen molar-refractivity contribution < 1.29 is 19.1 Å². The van der Waals surface area contributed by atoms with Crippen LogP contribution in [0.3, 0.4) is 0 Å². The number of carbonyl (C=O) groups excluding carboxylic acids is 2. The molecular weight excluding hydrogens is 420 g/mol. The number of ether oxygens (including phenoxy) is 2. The van der Waals surface area contributed by atoms with Crippen LogP contribution in [0.4, 0.5) is 0 Å². The molecule has 5 heteroatoms. The summed E-state index contributed by atoms with van der Waals surface area (Å²) in [4.78, 5) is 26.5. The summed E-state index contributed by atoms with van der Waals surface area (Å²) in [6, 6.07) is 26.8. The van der Waals surface area contributed by atoms with Crippen LogP contribution < -0.4 is 4.74 Å². The maximum absolute atomic E-state index is 13.3. The standard InChI is InChI=1S/C27H24O4S/c1-2-30-27(29)22(18-17-19-11-5-3-6-12-19)31-25-21-15-9-10-16-23(21)32-26(25)24(28)20-13-7-4-8-14-20/h3-16,22H,2,17-18H2,1H3. The van der Waals surface area contributed by atoms with E-state index < -0.39 is 12.1 Å². The molecule has 0 saturated carbocycles. The molecule has 1 unspecified atom stereocenters. The Hall–Kier alpha value is -3.44. The predicted molar refractivity (Wildman–Crippen MR) is 128 cm³/mol. The molecule has 0 aliphatic carbocycles.